The Morgan fingerprint density at radius 1 is 1.42 bits per heavy atom. The maximum Gasteiger partial charge on any atom is 0.255 e. The van der Waals surface area contributed by atoms with E-state index in [0.29, 0.717) is 11.1 Å². The summed E-state index contributed by atoms with van der Waals surface area (Å²) < 4.78 is 0. The monoisotopic (exact) mass is 261 g/mol. The van der Waals surface area contributed by atoms with E-state index in [1.807, 2.05) is 19.1 Å². The molecule has 1 amide bonds. The van der Waals surface area contributed by atoms with Gasteiger partial charge >= 0.3 is 0 Å². The predicted molar refractivity (Wildman–Crippen MR) is 73.8 cm³/mol. The van der Waals surface area contributed by atoms with Gasteiger partial charge in [0.05, 0.1) is 18.2 Å². The minimum absolute atomic E-state index is 0.0915. The van der Waals surface area contributed by atoms with Crippen LogP contribution >= 0.6 is 0 Å². The van der Waals surface area contributed by atoms with Crippen LogP contribution in [0.2, 0.25) is 0 Å². The van der Waals surface area contributed by atoms with E-state index >= 15 is 0 Å². The molecule has 4 nitrogen and oxygen atoms in total. The van der Waals surface area contributed by atoms with Crippen molar-refractivity contribution in [2.24, 2.45) is 0 Å². The molecule has 0 aliphatic rings. The summed E-state index contributed by atoms with van der Waals surface area (Å²) in [5.41, 5.74) is 2.07. The number of carbonyl (C=O) groups is 1. The summed E-state index contributed by atoms with van der Waals surface area (Å²) in [6.45, 7) is 3.35. The largest absolute Gasteiger partial charge is 0.394 e. The van der Waals surface area contributed by atoms with E-state index < -0.39 is 0 Å². The summed E-state index contributed by atoms with van der Waals surface area (Å²) in [7, 11) is 1.65. The maximum atomic E-state index is 12.3. The third kappa shape index (κ3) is 3.82. The molecule has 1 aromatic carbocycles. The van der Waals surface area contributed by atoms with E-state index in [2.05, 4.69) is 11.8 Å². The van der Waals surface area contributed by atoms with Crippen LogP contribution in [0.25, 0.3) is 0 Å². The molecule has 1 unspecified atom stereocenters. The van der Waals surface area contributed by atoms with Crippen LogP contribution in [0.3, 0.4) is 0 Å². The molecule has 1 rings (SSSR count). The number of carbonyl (C=O) groups excluding carboxylic acids is 1. The van der Waals surface area contributed by atoms with Crippen LogP contribution < -0.4 is 0 Å². The first-order valence-electron chi connectivity index (χ1n) is 6.09. The molecule has 0 aliphatic heterocycles. The van der Waals surface area contributed by atoms with Crippen LogP contribution in [0.4, 0.5) is 0 Å². The first-order valence-corrected chi connectivity index (χ1v) is 6.09. The minimum atomic E-state index is -0.257. The number of hydrogen-bond acceptors (Lipinski definition) is 3. The van der Waals surface area contributed by atoms with Gasteiger partial charge in [0.1, 0.15) is 6.61 Å². The van der Waals surface area contributed by atoms with Crippen molar-refractivity contribution in [3.8, 4) is 11.8 Å². The summed E-state index contributed by atoms with van der Waals surface area (Å²) in [6, 6.07) is 5.12. The number of hydrogen-bond donors (Lipinski definition) is 2. The van der Waals surface area contributed by atoms with Gasteiger partial charge in [0, 0.05) is 12.6 Å². The normalized spacial score (nSPS) is 11.4. The number of nitrogens with zero attached hydrogens (tertiary/aromatic N) is 1. The fourth-order valence-corrected chi connectivity index (χ4v) is 1.60. The average molecular weight is 261 g/mol. The van der Waals surface area contributed by atoms with Crippen molar-refractivity contribution in [3.05, 3.63) is 34.9 Å². The maximum absolute atomic E-state index is 12.3. The first kappa shape index (κ1) is 15.2. The Kier molecular flexibility index (Phi) is 5.56. The highest BCUT2D eigenvalue weighted by atomic mass is 16.3. The molecule has 0 saturated carbocycles. The molecule has 102 valence electrons. The number of amides is 1. The topological polar surface area (TPSA) is 60.8 Å². The third-order valence-electron chi connectivity index (χ3n) is 2.95. The van der Waals surface area contributed by atoms with Gasteiger partial charge in [-0.15, -0.1) is 0 Å². The Morgan fingerprint density at radius 2 is 2.11 bits per heavy atom. The van der Waals surface area contributed by atoms with Crippen molar-refractivity contribution in [1.82, 2.24) is 4.90 Å². The average Bonchev–Trinajstić information content (AvgIpc) is 2.42. The zero-order chi connectivity index (χ0) is 14.4. The number of aliphatic hydroxyl groups is 2. The van der Waals surface area contributed by atoms with Crippen LogP contribution in [0.15, 0.2) is 18.2 Å². The Labute approximate surface area is 113 Å². The van der Waals surface area contributed by atoms with Gasteiger partial charge in [-0.05, 0) is 31.5 Å². The molecule has 19 heavy (non-hydrogen) atoms. The smallest absolute Gasteiger partial charge is 0.255 e. The van der Waals surface area contributed by atoms with Crippen LogP contribution in [-0.2, 0) is 0 Å². The zero-order valence-electron chi connectivity index (χ0n) is 11.5. The van der Waals surface area contributed by atoms with Gasteiger partial charge in [-0.3, -0.25) is 4.79 Å². The van der Waals surface area contributed by atoms with E-state index in [-0.39, 0.29) is 25.2 Å². The highest BCUT2D eigenvalue weighted by Gasteiger charge is 2.19. The van der Waals surface area contributed by atoms with Crippen molar-refractivity contribution in [3.63, 3.8) is 0 Å². The molecular weight excluding hydrogens is 242 g/mol. The quantitative estimate of drug-likeness (QED) is 0.791. The van der Waals surface area contributed by atoms with E-state index in [9.17, 15) is 4.79 Å². The summed E-state index contributed by atoms with van der Waals surface area (Å²) in [5, 5.41) is 17.9. The standard InChI is InChI=1S/C15H19NO3/c1-11-6-7-14(13(9-11)5-4-8-17)15(19)16(3)12(2)10-18/h6-7,9,12,17-18H,8,10H2,1-3H3. The van der Waals surface area contributed by atoms with Gasteiger partial charge < -0.3 is 15.1 Å². The van der Waals surface area contributed by atoms with Gasteiger partial charge in [0.2, 0.25) is 0 Å². The molecule has 1 atom stereocenters. The molecule has 0 aliphatic carbocycles. The van der Waals surface area contributed by atoms with Gasteiger partial charge in [0.25, 0.3) is 5.91 Å². The van der Waals surface area contributed by atoms with Gasteiger partial charge in [-0.1, -0.05) is 17.9 Å². The second-order valence-electron chi connectivity index (χ2n) is 4.46. The summed E-state index contributed by atoms with van der Waals surface area (Å²) in [5.74, 6) is 5.15. The lowest BCUT2D eigenvalue weighted by Crippen LogP contribution is -2.37. The lowest BCUT2D eigenvalue weighted by molar-refractivity contribution is 0.0682. The number of aryl methyl sites for hydroxylation is 1. The number of rotatable bonds is 3. The predicted octanol–water partition coefficient (Wildman–Crippen LogP) is 0.792. The number of benzene rings is 1. The summed E-state index contributed by atoms with van der Waals surface area (Å²) in [4.78, 5) is 13.8. The second-order valence-corrected chi connectivity index (χ2v) is 4.46. The minimum Gasteiger partial charge on any atom is -0.394 e. The number of likely N-dealkylation sites (N-methyl/N-ethyl adjacent to an activating group) is 1. The SMILES string of the molecule is Cc1ccc(C(=O)N(C)C(C)CO)c(C#CCO)c1. The van der Waals surface area contributed by atoms with Crippen molar-refractivity contribution >= 4 is 5.91 Å². The summed E-state index contributed by atoms with van der Waals surface area (Å²) >= 11 is 0. The molecular formula is C15H19NO3. The Hall–Kier alpha value is -1.83. The lowest BCUT2D eigenvalue weighted by Gasteiger charge is -2.23. The van der Waals surface area contributed by atoms with E-state index in [1.54, 1.807) is 20.0 Å². The first-order chi connectivity index (χ1) is 9.01. The summed E-state index contributed by atoms with van der Waals surface area (Å²) in [6.07, 6.45) is 0. The Balaban J connectivity index is 3.15. The number of aliphatic hydroxyl groups excluding tert-OH is 2. The molecule has 4 heteroatoms. The Bertz CT molecular complexity index is 514. The van der Waals surface area contributed by atoms with Crippen molar-refractivity contribution < 1.29 is 15.0 Å². The van der Waals surface area contributed by atoms with Crippen molar-refractivity contribution in [2.75, 3.05) is 20.3 Å². The molecule has 0 heterocycles. The van der Waals surface area contributed by atoms with Crippen LogP contribution in [0.1, 0.15) is 28.4 Å². The molecule has 2 N–H and O–H groups in total. The molecule has 0 radical (unpaired) electrons. The third-order valence-corrected chi connectivity index (χ3v) is 2.95. The van der Waals surface area contributed by atoms with Crippen molar-refractivity contribution in [1.29, 1.82) is 0 Å². The molecule has 0 bridgehead atoms. The molecule has 0 aromatic heterocycles. The van der Waals surface area contributed by atoms with Gasteiger partial charge in [-0.2, -0.15) is 0 Å². The van der Waals surface area contributed by atoms with Crippen LogP contribution in [0.5, 0.6) is 0 Å². The van der Waals surface area contributed by atoms with Gasteiger partial charge in [-0.25, -0.2) is 0 Å². The van der Waals surface area contributed by atoms with Crippen molar-refractivity contribution in [2.45, 2.75) is 19.9 Å². The Morgan fingerprint density at radius 3 is 2.68 bits per heavy atom. The fourth-order valence-electron chi connectivity index (χ4n) is 1.60. The van der Waals surface area contributed by atoms with E-state index in [1.165, 1.54) is 4.90 Å². The molecule has 0 saturated heterocycles. The van der Waals surface area contributed by atoms with Gasteiger partial charge in [0.15, 0.2) is 0 Å². The molecule has 0 spiro atoms. The van der Waals surface area contributed by atoms with Crippen LogP contribution in [0, 0.1) is 18.8 Å². The molecule has 1 aromatic rings. The second kappa shape index (κ2) is 6.93. The van der Waals surface area contributed by atoms with E-state index in [4.69, 9.17) is 10.2 Å². The van der Waals surface area contributed by atoms with E-state index in [0.717, 1.165) is 5.56 Å². The fraction of sp³-hybridized carbons (Fsp3) is 0.400. The lowest BCUT2D eigenvalue weighted by atomic mass is 10.0. The van der Waals surface area contributed by atoms with Crippen LogP contribution in [-0.4, -0.2) is 47.3 Å². The highest BCUT2D eigenvalue weighted by molar-refractivity contribution is 5.96. The molecule has 0 fully saturated rings. The highest BCUT2D eigenvalue weighted by Crippen LogP contribution is 2.14. The zero-order valence-corrected chi connectivity index (χ0v) is 11.5.